The topological polar surface area (TPSA) is 40.5 Å². The van der Waals surface area contributed by atoms with Crippen molar-refractivity contribution in [3.8, 4) is 11.5 Å². The van der Waals surface area contributed by atoms with E-state index in [9.17, 15) is 10.2 Å². The van der Waals surface area contributed by atoms with Gasteiger partial charge in [-0.05, 0) is 101 Å². The minimum absolute atomic E-state index is 0. The number of hydrogen-bond donors (Lipinski definition) is 2. The summed E-state index contributed by atoms with van der Waals surface area (Å²) in [4.78, 5) is 0. The Morgan fingerprint density at radius 2 is 0.846 bits per heavy atom. The van der Waals surface area contributed by atoms with Gasteiger partial charge in [0.15, 0.2) is 0 Å². The maximum atomic E-state index is 9.18. The first-order chi connectivity index (χ1) is 17.4. The molecule has 3 heteroatoms. The summed E-state index contributed by atoms with van der Waals surface area (Å²) in [7, 11) is 0. The fraction of sp³-hybridized carbons (Fsp3) is 0.444. The van der Waals surface area contributed by atoms with Crippen LogP contribution in [0, 0.1) is 0 Å². The fourth-order valence-electron chi connectivity index (χ4n) is 4.15. The first kappa shape index (κ1) is 36.9. The summed E-state index contributed by atoms with van der Waals surface area (Å²) in [5.74, 6) is 0.690. The van der Waals surface area contributed by atoms with E-state index in [2.05, 4.69) is 95.2 Å². The fourth-order valence-corrected chi connectivity index (χ4v) is 4.15. The van der Waals surface area contributed by atoms with E-state index < -0.39 is 0 Å². The van der Waals surface area contributed by atoms with Gasteiger partial charge in [0.2, 0.25) is 0 Å². The van der Waals surface area contributed by atoms with Gasteiger partial charge in [-0.1, -0.05) is 111 Å². The summed E-state index contributed by atoms with van der Waals surface area (Å²) in [6, 6.07) is 14.8. The molecule has 4 rings (SSSR count). The van der Waals surface area contributed by atoms with E-state index in [-0.39, 0.29) is 37.0 Å². The molecule has 0 aliphatic heterocycles. The minimum Gasteiger partial charge on any atom is -0.508 e. The Morgan fingerprint density at radius 3 is 0.974 bits per heavy atom. The normalized spacial score (nSPS) is 14.6. The molecule has 0 atom stereocenters. The molecular weight excluding hydrogens is 556 g/mol. The van der Waals surface area contributed by atoms with Gasteiger partial charge in [-0.3, -0.25) is 0 Å². The number of phenolic OH excluding ortho intramolecular Hbond substituents is 2. The van der Waals surface area contributed by atoms with Crippen molar-refractivity contribution in [1.82, 2.24) is 0 Å². The molecule has 0 amide bonds. The van der Waals surface area contributed by atoms with Gasteiger partial charge in [0.25, 0.3) is 0 Å². The second-order valence-corrected chi connectivity index (χ2v) is 12.9. The average Bonchev–Trinajstić information content (AvgIpc) is 3.24. The van der Waals surface area contributed by atoms with Crippen LogP contribution in [-0.4, -0.2) is 10.2 Å². The minimum atomic E-state index is 0. The number of hydrogen-bond acceptors (Lipinski definition) is 2. The number of rotatable bonds is 0. The first-order valence-electron chi connectivity index (χ1n) is 13.7. The number of benzene rings is 2. The summed E-state index contributed by atoms with van der Waals surface area (Å²) in [6.07, 6.45) is 6.92. The monoisotopic (exact) mass is 606 g/mol. The van der Waals surface area contributed by atoms with E-state index in [0.717, 1.165) is 11.1 Å². The average molecular weight is 608 g/mol. The zero-order chi connectivity index (χ0) is 29.3. The van der Waals surface area contributed by atoms with E-state index in [4.69, 9.17) is 0 Å². The number of allylic oxidation sites excluding steroid dienone is 8. The maximum Gasteiger partial charge on any atom is 0.115 e. The van der Waals surface area contributed by atoms with E-state index in [0.29, 0.717) is 11.5 Å². The van der Waals surface area contributed by atoms with E-state index in [1.165, 1.54) is 46.3 Å². The van der Waals surface area contributed by atoms with Crippen LogP contribution >= 0.6 is 0 Å². The summed E-state index contributed by atoms with van der Waals surface area (Å²) in [5, 5.41) is 18.4. The maximum absolute atomic E-state index is 9.18. The Balaban J connectivity index is 0.000000495. The molecule has 2 N–H and O–H groups in total. The van der Waals surface area contributed by atoms with Crippen molar-refractivity contribution in [2.45, 2.75) is 107 Å². The van der Waals surface area contributed by atoms with Crippen molar-refractivity contribution < 1.29 is 36.4 Å². The van der Waals surface area contributed by atoms with Crippen LogP contribution in [0.4, 0.5) is 0 Å². The molecule has 0 aromatic heterocycles. The van der Waals surface area contributed by atoms with Crippen LogP contribution in [0.1, 0.15) is 107 Å². The van der Waals surface area contributed by atoms with Gasteiger partial charge in [-0.15, -0.1) is 0 Å². The molecule has 2 aromatic carbocycles. The van der Waals surface area contributed by atoms with Crippen molar-refractivity contribution in [1.29, 1.82) is 0 Å². The first-order valence-corrected chi connectivity index (χ1v) is 13.7. The molecule has 212 valence electrons. The molecule has 0 saturated heterocycles. The van der Waals surface area contributed by atoms with E-state index in [1.54, 1.807) is 24.3 Å². The van der Waals surface area contributed by atoms with Gasteiger partial charge in [0.05, 0.1) is 0 Å². The number of aromatic hydroxyl groups is 2. The second-order valence-electron chi connectivity index (χ2n) is 12.9. The Bertz CT molecular complexity index is 1100. The zero-order valence-electron chi connectivity index (χ0n) is 26.6. The van der Waals surface area contributed by atoms with Gasteiger partial charge in [0.1, 0.15) is 11.5 Å². The van der Waals surface area contributed by atoms with Crippen LogP contribution in [0.2, 0.25) is 0 Å². The standard InChI is InChI=1S/2C10H14O.2C8H12.Zr/c2*1-10(2,3)8-5-4-6-9(11)7-8;2*1-6-4-7(2)8(3)5-6;/h2*4-7,11H,1-3H3;2*4H,5H2,1-3H3;. The molecule has 2 nitrogen and oxygen atoms in total. The second kappa shape index (κ2) is 16.2. The predicted octanol–water partition coefficient (Wildman–Crippen LogP) is 10.7. The van der Waals surface area contributed by atoms with Gasteiger partial charge in [-0.25, -0.2) is 0 Å². The molecular formula is C36H52O2Zr. The molecule has 0 spiro atoms. The summed E-state index contributed by atoms with van der Waals surface area (Å²) < 4.78 is 0. The summed E-state index contributed by atoms with van der Waals surface area (Å²) in [6.45, 7) is 25.9. The SMILES string of the molecule is CC(C)(C)c1cccc(O)c1.CC(C)(C)c1cccc(O)c1.CC1=CC(C)=C(C)C1.CC1=CC(C)=C(C)C1.[Zr]. The smallest absolute Gasteiger partial charge is 0.115 e. The van der Waals surface area contributed by atoms with Gasteiger partial charge >= 0.3 is 0 Å². The van der Waals surface area contributed by atoms with Gasteiger partial charge in [0, 0.05) is 26.2 Å². The van der Waals surface area contributed by atoms with Crippen molar-refractivity contribution in [2.75, 3.05) is 0 Å². The van der Waals surface area contributed by atoms with Crippen molar-refractivity contribution in [2.24, 2.45) is 0 Å². The summed E-state index contributed by atoms with van der Waals surface area (Å²) in [5.41, 5.74) is 11.6. The quantitative estimate of drug-likeness (QED) is 0.313. The third-order valence-corrected chi connectivity index (χ3v) is 6.78. The third-order valence-electron chi connectivity index (χ3n) is 6.78. The Labute approximate surface area is 258 Å². The van der Waals surface area contributed by atoms with Crippen molar-refractivity contribution in [3.63, 3.8) is 0 Å². The molecule has 2 aliphatic rings. The molecule has 0 fully saturated rings. The number of phenols is 2. The summed E-state index contributed by atoms with van der Waals surface area (Å²) >= 11 is 0. The Morgan fingerprint density at radius 1 is 0.538 bits per heavy atom. The Kier molecular flexibility index (Phi) is 15.3. The predicted molar refractivity (Wildman–Crippen MR) is 167 cm³/mol. The molecule has 39 heavy (non-hydrogen) atoms. The molecule has 0 unspecified atom stereocenters. The van der Waals surface area contributed by atoms with E-state index >= 15 is 0 Å². The third kappa shape index (κ3) is 14.2. The van der Waals surface area contributed by atoms with Crippen LogP contribution in [0.15, 0.2) is 94.1 Å². The molecule has 0 saturated carbocycles. The van der Waals surface area contributed by atoms with Crippen molar-refractivity contribution >= 4 is 0 Å². The molecule has 2 aliphatic carbocycles. The van der Waals surface area contributed by atoms with Gasteiger partial charge in [-0.2, -0.15) is 0 Å². The molecule has 0 bridgehead atoms. The molecule has 0 radical (unpaired) electrons. The van der Waals surface area contributed by atoms with Crippen LogP contribution in [-0.2, 0) is 37.0 Å². The van der Waals surface area contributed by atoms with Gasteiger partial charge < -0.3 is 10.2 Å². The van der Waals surface area contributed by atoms with Crippen LogP contribution in [0.5, 0.6) is 11.5 Å². The van der Waals surface area contributed by atoms with Crippen LogP contribution in [0.25, 0.3) is 0 Å². The van der Waals surface area contributed by atoms with Crippen LogP contribution < -0.4 is 0 Å². The molecule has 0 heterocycles. The Hall–Kier alpha value is -2.12. The largest absolute Gasteiger partial charge is 0.508 e. The van der Waals surface area contributed by atoms with Crippen molar-refractivity contribution in [3.05, 3.63) is 105 Å². The molecule has 2 aromatic rings. The van der Waals surface area contributed by atoms with Crippen LogP contribution in [0.3, 0.4) is 0 Å². The van der Waals surface area contributed by atoms with E-state index in [1.807, 2.05) is 24.3 Å². The zero-order valence-corrected chi connectivity index (χ0v) is 29.0.